The monoisotopic (exact) mass is 516 g/mol. The lowest BCUT2D eigenvalue weighted by atomic mass is 9.72. The molecule has 2 aromatic heterocycles. The van der Waals surface area contributed by atoms with Crippen molar-refractivity contribution in [3.63, 3.8) is 0 Å². The molecule has 2 aromatic rings. The summed E-state index contributed by atoms with van der Waals surface area (Å²) in [4.78, 5) is 47.5. The van der Waals surface area contributed by atoms with E-state index in [1.165, 1.54) is 12.1 Å². The average molecular weight is 517 g/mol. The van der Waals surface area contributed by atoms with Crippen LogP contribution in [0.4, 0.5) is 0 Å². The van der Waals surface area contributed by atoms with Gasteiger partial charge in [-0.05, 0) is 31.1 Å². The zero-order chi connectivity index (χ0) is 27.6. The lowest BCUT2D eigenvalue weighted by Crippen LogP contribution is -2.25. The van der Waals surface area contributed by atoms with Crippen molar-refractivity contribution in [1.29, 1.82) is 0 Å². The van der Waals surface area contributed by atoms with Gasteiger partial charge in [-0.3, -0.25) is 14.4 Å². The lowest BCUT2D eigenvalue weighted by Gasteiger charge is -2.32. The Morgan fingerprint density at radius 2 is 1.30 bits per heavy atom. The number of hydrogen-bond acceptors (Lipinski definition) is 8. The van der Waals surface area contributed by atoms with Crippen LogP contribution in [0, 0.1) is 10.8 Å². The molecular weight excluding hydrogens is 476 g/mol. The quantitative estimate of drug-likeness (QED) is 0.209. The van der Waals surface area contributed by atoms with Crippen molar-refractivity contribution in [3.05, 3.63) is 56.6 Å². The first-order chi connectivity index (χ1) is 17.4. The molecule has 2 N–H and O–H groups in total. The number of unbranched alkanes of at least 4 members (excludes halogenated alkanes) is 4. The van der Waals surface area contributed by atoms with Gasteiger partial charge < -0.3 is 23.8 Å². The maximum absolute atomic E-state index is 12.4. The average Bonchev–Trinajstić information content (AvgIpc) is 2.83. The molecule has 0 atom stereocenters. The van der Waals surface area contributed by atoms with Gasteiger partial charge in [0.25, 0.3) is 0 Å². The molecule has 0 spiro atoms. The number of rotatable bonds is 16. The van der Waals surface area contributed by atoms with E-state index in [4.69, 9.17) is 8.83 Å². The molecule has 2 rings (SSSR count). The lowest BCUT2D eigenvalue weighted by molar-refractivity contribution is -0.119. The SMILES string of the molecule is CC(C)(C=O)CCCCCCCC(=O)CCCC(C)(C)C(c1cc(=O)c(O)co1)c1cc(=O)c(O)co1. The molecule has 0 saturated heterocycles. The van der Waals surface area contributed by atoms with Crippen LogP contribution < -0.4 is 10.9 Å². The predicted octanol–water partition coefficient (Wildman–Crippen LogP) is 5.86. The number of carbonyl (C=O) groups excluding carboxylic acids is 2. The summed E-state index contributed by atoms with van der Waals surface area (Å²) in [6.07, 6.45) is 10.9. The van der Waals surface area contributed by atoms with Gasteiger partial charge in [-0.15, -0.1) is 0 Å². The van der Waals surface area contributed by atoms with Gasteiger partial charge in [0.15, 0.2) is 11.5 Å². The Morgan fingerprint density at radius 1 is 0.811 bits per heavy atom. The van der Waals surface area contributed by atoms with Gasteiger partial charge in [0.2, 0.25) is 10.9 Å². The minimum atomic E-state index is -0.659. The largest absolute Gasteiger partial charge is 0.502 e. The molecule has 8 heteroatoms. The molecule has 8 nitrogen and oxygen atoms in total. The summed E-state index contributed by atoms with van der Waals surface area (Å²) >= 11 is 0. The van der Waals surface area contributed by atoms with Gasteiger partial charge in [0, 0.05) is 30.4 Å². The predicted molar refractivity (Wildman–Crippen MR) is 140 cm³/mol. The number of Topliss-reactive ketones (excluding diaryl/α,β-unsaturated/α-hetero) is 1. The zero-order valence-electron chi connectivity index (χ0n) is 22.4. The van der Waals surface area contributed by atoms with Crippen LogP contribution in [-0.2, 0) is 9.59 Å². The number of aromatic hydroxyl groups is 2. The molecule has 0 aromatic carbocycles. The molecule has 2 heterocycles. The fourth-order valence-electron chi connectivity index (χ4n) is 4.55. The number of carbonyl (C=O) groups is 2. The molecule has 0 bridgehead atoms. The van der Waals surface area contributed by atoms with E-state index in [1.807, 2.05) is 27.7 Å². The molecule has 0 radical (unpaired) electrons. The van der Waals surface area contributed by atoms with Gasteiger partial charge >= 0.3 is 0 Å². The Balaban J connectivity index is 1.92. The highest BCUT2D eigenvalue weighted by molar-refractivity contribution is 5.78. The molecule has 204 valence electrons. The molecule has 0 aliphatic heterocycles. The van der Waals surface area contributed by atoms with E-state index in [2.05, 4.69) is 0 Å². The van der Waals surface area contributed by atoms with Crippen molar-refractivity contribution >= 4 is 12.1 Å². The third kappa shape index (κ3) is 9.34. The van der Waals surface area contributed by atoms with Crippen molar-refractivity contribution in [3.8, 4) is 11.5 Å². The second-order valence-electron chi connectivity index (χ2n) is 11.3. The third-order valence-corrected chi connectivity index (χ3v) is 6.89. The van der Waals surface area contributed by atoms with E-state index in [-0.39, 0.29) is 22.7 Å². The highest BCUT2D eigenvalue weighted by Crippen LogP contribution is 2.44. The molecule has 0 aliphatic carbocycles. The minimum absolute atomic E-state index is 0.196. The summed E-state index contributed by atoms with van der Waals surface area (Å²) in [5, 5.41) is 19.2. The molecule has 0 amide bonds. The highest BCUT2D eigenvalue weighted by atomic mass is 16.4. The van der Waals surface area contributed by atoms with E-state index in [0.29, 0.717) is 25.7 Å². The Hall–Kier alpha value is -3.16. The van der Waals surface area contributed by atoms with Crippen molar-refractivity contribution in [2.24, 2.45) is 10.8 Å². The Bertz CT molecular complexity index is 1100. The zero-order valence-corrected chi connectivity index (χ0v) is 22.4. The second kappa shape index (κ2) is 13.4. The normalized spacial score (nSPS) is 12.1. The summed E-state index contributed by atoms with van der Waals surface area (Å²) in [5.41, 5.74) is -2.09. The van der Waals surface area contributed by atoms with Gasteiger partial charge in [0.05, 0.1) is 5.92 Å². The molecule has 37 heavy (non-hydrogen) atoms. The van der Waals surface area contributed by atoms with Gasteiger partial charge in [-0.2, -0.15) is 0 Å². The van der Waals surface area contributed by atoms with Crippen LogP contribution in [0.3, 0.4) is 0 Å². The molecule has 0 fully saturated rings. The standard InChI is InChI=1S/C29H40O8/c1-28(2,19-30)13-9-7-5-6-8-11-20(31)12-10-14-29(3,4)27(25-15-21(32)23(34)17-36-25)26-16-22(33)24(35)18-37-26/h15-19,27,34-35H,5-14H2,1-4H3. The van der Waals surface area contributed by atoms with Crippen molar-refractivity contribution in [2.75, 3.05) is 0 Å². The maximum atomic E-state index is 12.4. The maximum Gasteiger partial charge on any atom is 0.226 e. The molecule has 0 aliphatic rings. The van der Waals surface area contributed by atoms with Crippen LogP contribution in [0.2, 0.25) is 0 Å². The topological polar surface area (TPSA) is 135 Å². The smallest absolute Gasteiger partial charge is 0.226 e. The van der Waals surface area contributed by atoms with Gasteiger partial charge in [0.1, 0.15) is 36.1 Å². The van der Waals surface area contributed by atoms with E-state index in [9.17, 15) is 29.4 Å². The van der Waals surface area contributed by atoms with E-state index < -0.39 is 33.7 Å². The third-order valence-electron chi connectivity index (χ3n) is 6.89. The van der Waals surface area contributed by atoms with Crippen LogP contribution >= 0.6 is 0 Å². The van der Waals surface area contributed by atoms with Crippen LogP contribution in [0.5, 0.6) is 11.5 Å². The summed E-state index contributed by atoms with van der Waals surface area (Å²) in [5.74, 6) is -1.09. The molecule has 0 unspecified atom stereocenters. The van der Waals surface area contributed by atoms with Gasteiger partial charge in [-0.1, -0.05) is 53.4 Å². The number of aldehydes is 1. The van der Waals surface area contributed by atoms with Gasteiger partial charge in [-0.25, -0.2) is 0 Å². The fourth-order valence-corrected chi connectivity index (χ4v) is 4.55. The molecule has 0 saturated carbocycles. The first-order valence-corrected chi connectivity index (χ1v) is 13.0. The Labute approximate surface area is 217 Å². The van der Waals surface area contributed by atoms with Crippen LogP contribution in [-0.4, -0.2) is 22.3 Å². The highest BCUT2D eigenvalue weighted by Gasteiger charge is 2.36. The van der Waals surface area contributed by atoms with Crippen LogP contribution in [0.15, 0.2) is 43.1 Å². The van der Waals surface area contributed by atoms with E-state index >= 15 is 0 Å². The first-order valence-electron chi connectivity index (χ1n) is 13.0. The van der Waals surface area contributed by atoms with Crippen LogP contribution in [0.1, 0.15) is 109 Å². The fraction of sp³-hybridized carbons (Fsp3) is 0.586. The van der Waals surface area contributed by atoms with E-state index in [0.717, 1.165) is 57.3 Å². The minimum Gasteiger partial charge on any atom is -0.502 e. The second-order valence-corrected chi connectivity index (χ2v) is 11.3. The van der Waals surface area contributed by atoms with Crippen LogP contribution in [0.25, 0.3) is 0 Å². The summed E-state index contributed by atoms with van der Waals surface area (Å²) < 4.78 is 11.0. The van der Waals surface area contributed by atoms with Crippen molar-refractivity contribution in [1.82, 2.24) is 0 Å². The van der Waals surface area contributed by atoms with Crippen molar-refractivity contribution < 1.29 is 28.6 Å². The summed E-state index contributed by atoms with van der Waals surface area (Å²) in [6, 6.07) is 2.33. The first kappa shape index (κ1) is 30.1. The Morgan fingerprint density at radius 3 is 1.81 bits per heavy atom. The summed E-state index contributed by atoms with van der Waals surface area (Å²) in [6.45, 7) is 7.74. The number of ketones is 1. The van der Waals surface area contributed by atoms with E-state index in [1.54, 1.807) is 0 Å². The Kier molecular flexibility index (Phi) is 10.9. The summed E-state index contributed by atoms with van der Waals surface area (Å²) in [7, 11) is 0. The molecular formula is C29H40O8. The van der Waals surface area contributed by atoms with Crippen molar-refractivity contribution in [2.45, 2.75) is 97.8 Å². The number of hydrogen-bond donors (Lipinski definition) is 2.